The molecule has 1 aromatic rings. The van der Waals surface area contributed by atoms with Crippen molar-refractivity contribution in [2.75, 3.05) is 25.5 Å². The van der Waals surface area contributed by atoms with E-state index in [9.17, 15) is 10.1 Å². The number of rotatable bonds is 3. The van der Waals surface area contributed by atoms with Gasteiger partial charge in [0.1, 0.15) is 5.69 Å². The first-order valence-corrected chi connectivity index (χ1v) is 6.26. The first kappa shape index (κ1) is 12.8. The van der Waals surface area contributed by atoms with Crippen molar-refractivity contribution in [3.05, 3.63) is 34.4 Å². The van der Waals surface area contributed by atoms with Gasteiger partial charge in [-0.3, -0.25) is 10.1 Å². The maximum atomic E-state index is 11.0. The van der Waals surface area contributed by atoms with Crippen LogP contribution in [0.3, 0.4) is 0 Å². The van der Waals surface area contributed by atoms with Gasteiger partial charge in [0, 0.05) is 18.7 Å². The quantitative estimate of drug-likeness (QED) is 0.660. The van der Waals surface area contributed by atoms with Gasteiger partial charge in [0.2, 0.25) is 0 Å². The van der Waals surface area contributed by atoms with Crippen molar-refractivity contribution in [3.8, 4) is 0 Å². The summed E-state index contributed by atoms with van der Waals surface area (Å²) in [6.07, 6.45) is 1.02. The Balaban J connectivity index is 2.12. The first-order chi connectivity index (χ1) is 8.58. The molecule has 1 aliphatic heterocycles. The highest BCUT2D eigenvalue weighted by atomic mass is 16.6. The van der Waals surface area contributed by atoms with Gasteiger partial charge in [-0.15, -0.1) is 0 Å². The van der Waals surface area contributed by atoms with E-state index < -0.39 is 0 Å². The van der Waals surface area contributed by atoms with Gasteiger partial charge in [-0.25, -0.2) is 0 Å². The monoisotopic (exact) mass is 249 g/mol. The lowest BCUT2D eigenvalue weighted by Crippen LogP contribution is -2.43. The zero-order chi connectivity index (χ0) is 13.1. The average molecular weight is 249 g/mol. The van der Waals surface area contributed by atoms with Gasteiger partial charge in [-0.05, 0) is 32.0 Å². The van der Waals surface area contributed by atoms with E-state index in [2.05, 4.69) is 24.2 Å². The van der Waals surface area contributed by atoms with Crippen molar-refractivity contribution in [1.82, 2.24) is 4.90 Å². The highest BCUT2D eigenvalue weighted by Gasteiger charge is 2.25. The summed E-state index contributed by atoms with van der Waals surface area (Å²) in [5, 5.41) is 14.3. The van der Waals surface area contributed by atoms with Crippen LogP contribution in [-0.2, 0) is 0 Å². The number of nitrogens with zero attached hydrogens (tertiary/aromatic N) is 2. The van der Waals surface area contributed by atoms with E-state index in [4.69, 9.17) is 0 Å². The molecule has 0 spiro atoms. The summed E-state index contributed by atoms with van der Waals surface area (Å²) in [7, 11) is 2.11. The molecule has 2 rings (SSSR count). The van der Waals surface area contributed by atoms with E-state index in [1.807, 2.05) is 6.07 Å². The Bertz CT molecular complexity index is 436. The average Bonchev–Trinajstić information content (AvgIpc) is 2.33. The van der Waals surface area contributed by atoms with Gasteiger partial charge in [-0.1, -0.05) is 19.1 Å². The van der Waals surface area contributed by atoms with Crippen LogP contribution in [-0.4, -0.2) is 36.0 Å². The van der Waals surface area contributed by atoms with Crippen LogP contribution in [0.5, 0.6) is 0 Å². The Labute approximate surface area is 107 Å². The molecule has 98 valence electrons. The Morgan fingerprint density at radius 2 is 2.17 bits per heavy atom. The summed E-state index contributed by atoms with van der Waals surface area (Å²) in [6.45, 7) is 4.24. The summed E-state index contributed by atoms with van der Waals surface area (Å²) in [5.74, 6) is 0.489. The molecule has 1 N–H and O–H groups in total. The lowest BCUT2D eigenvalue weighted by atomic mass is 9.94. The number of anilines is 1. The van der Waals surface area contributed by atoms with Crippen LogP contribution >= 0.6 is 0 Å². The second-order valence-corrected chi connectivity index (χ2v) is 5.05. The van der Waals surface area contributed by atoms with E-state index >= 15 is 0 Å². The number of benzene rings is 1. The fourth-order valence-corrected chi connectivity index (χ4v) is 2.52. The van der Waals surface area contributed by atoms with Crippen molar-refractivity contribution in [2.45, 2.75) is 19.4 Å². The second kappa shape index (κ2) is 5.35. The summed E-state index contributed by atoms with van der Waals surface area (Å²) in [4.78, 5) is 12.9. The van der Waals surface area contributed by atoms with Gasteiger partial charge in [0.15, 0.2) is 0 Å². The SMILES string of the molecule is CC1CN(C)CCC1Nc1ccccc1[N+](=O)[O-]. The van der Waals surface area contributed by atoms with Crippen molar-refractivity contribution in [1.29, 1.82) is 0 Å². The van der Waals surface area contributed by atoms with Crippen molar-refractivity contribution in [2.24, 2.45) is 5.92 Å². The third-order valence-corrected chi connectivity index (χ3v) is 3.55. The molecule has 1 aromatic carbocycles. The van der Waals surface area contributed by atoms with Crippen molar-refractivity contribution in [3.63, 3.8) is 0 Å². The Morgan fingerprint density at radius 3 is 2.83 bits per heavy atom. The maximum absolute atomic E-state index is 11.0. The first-order valence-electron chi connectivity index (χ1n) is 6.26. The third-order valence-electron chi connectivity index (χ3n) is 3.55. The maximum Gasteiger partial charge on any atom is 0.292 e. The molecule has 0 aliphatic carbocycles. The molecule has 1 heterocycles. The molecule has 1 aliphatic rings. The highest BCUT2D eigenvalue weighted by molar-refractivity contribution is 5.61. The van der Waals surface area contributed by atoms with Gasteiger partial charge in [0.05, 0.1) is 4.92 Å². The van der Waals surface area contributed by atoms with Crippen molar-refractivity contribution < 1.29 is 4.92 Å². The van der Waals surface area contributed by atoms with E-state index in [0.717, 1.165) is 19.5 Å². The fourth-order valence-electron chi connectivity index (χ4n) is 2.52. The second-order valence-electron chi connectivity index (χ2n) is 5.05. The van der Waals surface area contributed by atoms with E-state index in [1.54, 1.807) is 18.2 Å². The fraction of sp³-hybridized carbons (Fsp3) is 0.538. The minimum atomic E-state index is -0.331. The number of piperidine rings is 1. The predicted molar refractivity (Wildman–Crippen MR) is 71.8 cm³/mol. The zero-order valence-electron chi connectivity index (χ0n) is 10.8. The molecule has 1 fully saturated rings. The van der Waals surface area contributed by atoms with E-state index in [0.29, 0.717) is 17.6 Å². The molecule has 0 saturated carbocycles. The molecule has 0 aromatic heterocycles. The molecule has 2 atom stereocenters. The Morgan fingerprint density at radius 1 is 1.44 bits per heavy atom. The topological polar surface area (TPSA) is 58.4 Å². The largest absolute Gasteiger partial charge is 0.376 e. The lowest BCUT2D eigenvalue weighted by Gasteiger charge is -2.35. The molecule has 2 unspecified atom stereocenters. The van der Waals surface area contributed by atoms with Crippen LogP contribution in [0.25, 0.3) is 0 Å². The van der Waals surface area contributed by atoms with Crippen LogP contribution in [0.4, 0.5) is 11.4 Å². The zero-order valence-corrected chi connectivity index (χ0v) is 10.8. The number of hydrogen-bond acceptors (Lipinski definition) is 4. The Hall–Kier alpha value is -1.62. The molecule has 0 amide bonds. The molecule has 18 heavy (non-hydrogen) atoms. The van der Waals surface area contributed by atoms with Crippen LogP contribution in [0, 0.1) is 16.0 Å². The number of nitrogens with one attached hydrogen (secondary N) is 1. The van der Waals surface area contributed by atoms with Crippen LogP contribution in [0.1, 0.15) is 13.3 Å². The van der Waals surface area contributed by atoms with Gasteiger partial charge in [-0.2, -0.15) is 0 Å². The Kier molecular flexibility index (Phi) is 3.81. The van der Waals surface area contributed by atoms with Gasteiger partial charge in [0.25, 0.3) is 5.69 Å². The number of hydrogen-bond donors (Lipinski definition) is 1. The normalized spacial score (nSPS) is 24.8. The highest BCUT2D eigenvalue weighted by Crippen LogP contribution is 2.27. The number of likely N-dealkylation sites (tertiary alicyclic amines) is 1. The van der Waals surface area contributed by atoms with E-state index in [1.165, 1.54) is 0 Å². The molecule has 5 heteroatoms. The summed E-state index contributed by atoms with van der Waals surface area (Å²) in [6, 6.07) is 7.16. The lowest BCUT2D eigenvalue weighted by molar-refractivity contribution is -0.384. The molecular weight excluding hydrogens is 230 g/mol. The van der Waals surface area contributed by atoms with Crippen LogP contribution < -0.4 is 5.32 Å². The molecule has 1 saturated heterocycles. The minimum absolute atomic E-state index is 0.156. The molecule has 0 radical (unpaired) electrons. The van der Waals surface area contributed by atoms with Gasteiger partial charge < -0.3 is 10.2 Å². The third kappa shape index (κ3) is 2.79. The summed E-state index contributed by atoms with van der Waals surface area (Å²) >= 11 is 0. The number of nitro benzene ring substituents is 1. The standard InChI is InChI=1S/C13H19N3O2/c1-10-9-15(2)8-7-11(10)14-12-5-3-4-6-13(12)16(17)18/h3-6,10-11,14H,7-9H2,1-2H3. The molecular formula is C13H19N3O2. The molecule has 5 nitrogen and oxygen atoms in total. The van der Waals surface area contributed by atoms with Gasteiger partial charge >= 0.3 is 0 Å². The summed E-state index contributed by atoms with van der Waals surface area (Å²) in [5.41, 5.74) is 0.785. The van der Waals surface area contributed by atoms with Crippen LogP contribution in [0.2, 0.25) is 0 Å². The van der Waals surface area contributed by atoms with E-state index in [-0.39, 0.29) is 10.6 Å². The summed E-state index contributed by atoms with van der Waals surface area (Å²) < 4.78 is 0. The molecule has 0 bridgehead atoms. The van der Waals surface area contributed by atoms with Crippen LogP contribution in [0.15, 0.2) is 24.3 Å². The predicted octanol–water partition coefficient (Wildman–Crippen LogP) is 2.35. The van der Waals surface area contributed by atoms with Crippen molar-refractivity contribution >= 4 is 11.4 Å². The number of nitro groups is 1. The number of para-hydroxylation sites is 2. The minimum Gasteiger partial charge on any atom is -0.376 e. The smallest absolute Gasteiger partial charge is 0.292 e.